The Morgan fingerprint density at radius 3 is 2.50 bits per heavy atom. The lowest BCUT2D eigenvalue weighted by Crippen LogP contribution is -2.24. The van der Waals surface area contributed by atoms with Crippen molar-refractivity contribution < 1.29 is 4.42 Å². The largest absolute Gasteiger partial charge is 0.417 e. The summed E-state index contributed by atoms with van der Waals surface area (Å²) >= 11 is 0. The normalized spacial score (nSPS) is 11.0. The molecule has 3 rings (SSSR count). The Labute approximate surface area is 126 Å². The van der Waals surface area contributed by atoms with E-state index < -0.39 is 5.76 Å². The van der Waals surface area contributed by atoms with Crippen LogP contribution in [-0.4, -0.2) is 14.8 Å². The van der Waals surface area contributed by atoms with Gasteiger partial charge in [-0.25, -0.2) is 9.48 Å². The zero-order chi connectivity index (χ0) is 15.7. The number of aromatic nitrogens is 3. The van der Waals surface area contributed by atoms with Crippen LogP contribution < -0.4 is 11.3 Å². The second-order valence-corrected chi connectivity index (χ2v) is 5.18. The molecule has 0 fully saturated rings. The van der Waals surface area contributed by atoms with E-state index >= 15 is 0 Å². The van der Waals surface area contributed by atoms with Crippen molar-refractivity contribution >= 4 is 0 Å². The molecule has 6 nitrogen and oxygen atoms in total. The first kappa shape index (κ1) is 14.1. The molecule has 2 aromatic heterocycles. The van der Waals surface area contributed by atoms with Crippen LogP contribution in [0.1, 0.15) is 19.9 Å². The van der Waals surface area contributed by atoms with Crippen LogP contribution in [0.25, 0.3) is 22.7 Å². The number of nitrogens with zero attached hydrogens (tertiary/aromatic N) is 2. The number of benzene rings is 1. The summed E-state index contributed by atoms with van der Waals surface area (Å²) in [5.41, 5.74) is 1.52. The summed E-state index contributed by atoms with van der Waals surface area (Å²) in [5, 5.41) is 4.32. The Morgan fingerprint density at radius 1 is 1.09 bits per heavy atom. The van der Waals surface area contributed by atoms with Gasteiger partial charge in [0.05, 0.1) is 6.04 Å². The minimum Gasteiger partial charge on any atom is -0.407 e. The molecule has 22 heavy (non-hydrogen) atoms. The highest BCUT2D eigenvalue weighted by atomic mass is 16.4. The lowest BCUT2D eigenvalue weighted by molar-refractivity contribution is 0.504. The number of H-pyrrole nitrogens is 1. The summed E-state index contributed by atoms with van der Waals surface area (Å²) in [6.45, 7) is 3.74. The predicted molar refractivity (Wildman–Crippen MR) is 82.6 cm³/mol. The van der Waals surface area contributed by atoms with Crippen molar-refractivity contribution in [1.29, 1.82) is 0 Å². The Balaban J connectivity index is 2.20. The highest BCUT2D eigenvalue weighted by Gasteiger charge is 2.16. The molecule has 0 aliphatic rings. The molecule has 0 aliphatic carbocycles. The van der Waals surface area contributed by atoms with E-state index in [1.54, 1.807) is 6.07 Å². The molecular formula is C16H15N3O3. The quantitative estimate of drug-likeness (QED) is 0.805. The van der Waals surface area contributed by atoms with E-state index in [0.29, 0.717) is 17.1 Å². The van der Waals surface area contributed by atoms with Crippen LogP contribution in [0.5, 0.6) is 0 Å². The van der Waals surface area contributed by atoms with E-state index in [0.717, 1.165) is 5.56 Å². The molecule has 0 saturated heterocycles. The number of hydrogen-bond acceptors (Lipinski definition) is 4. The molecule has 0 amide bonds. The molecule has 6 heteroatoms. The maximum absolute atomic E-state index is 11.8. The average Bonchev–Trinajstić information content (AvgIpc) is 2.90. The number of hydrogen-bond donors (Lipinski definition) is 1. The molecule has 1 N–H and O–H groups in total. The molecule has 0 bridgehead atoms. The van der Waals surface area contributed by atoms with Gasteiger partial charge in [-0.15, -0.1) is 0 Å². The predicted octanol–water partition coefficient (Wildman–Crippen LogP) is 2.44. The van der Waals surface area contributed by atoms with E-state index in [1.165, 1.54) is 10.7 Å². The standard InChI is InChI=1S/C16H15N3O3/c1-10(2)19-13(20)9-8-12(18-19)14-15(22-16(21)17-14)11-6-4-3-5-7-11/h3-10H,1-2H3,(H,17,21). The summed E-state index contributed by atoms with van der Waals surface area (Å²) in [6.07, 6.45) is 0. The molecule has 3 aromatic rings. The van der Waals surface area contributed by atoms with Crippen LogP contribution in [-0.2, 0) is 0 Å². The van der Waals surface area contributed by atoms with Crippen molar-refractivity contribution in [2.45, 2.75) is 19.9 Å². The number of rotatable bonds is 3. The van der Waals surface area contributed by atoms with Gasteiger partial charge in [-0.05, 0) is 19.9 Å². The fraction of sp³-hybridized carbons (Fsp3) is 0.188. The second kappa shape index (κ2) is 5.48. The zero-order valence-electron chi connectivity index (χ0n) is 12.2. The molecule has 0 saturated carbocycles. The third-order valence-corrected chi connectivity index (χ3v) is 3.26. The summed E-state index contributed by atoms with van der Waals surface area (Å²) < 4.78 is 6.62. The van der Waals surface area contributed by atoms with Gasteiger partial charge in [0.25, 0.3) is 5.56 Å². The van der Waals surface area contributed by atoms with Gasteiger partial charge >= 0.3 is 5.76 Å². The topological polar surface area (TPSA) is 80.9 Å². The van der Waals surface area contributed by atoms with Crippen molar-refractivity contribution in [3.05, 3.63) is 63.4 Å². The SMILES string of the molecule is CC(C)n1nc(-c2[nH]c(=O)oc2-c2ccccc2)ccc1=O. The summed E-state index contributed by atoms with van der Waals surface area (Å²) in [7, 11) is 0. The second-order valence-electron chi connectivity index (χ2n) is 5.18. The van der Waals surface area contributed by atoms with Gasteiger partial charge in [0, 0.05) is 11.6 Å². The lowest BCUT2D eigenvalue weighted by atomic mass is 10.1. The van der Waals surface area contributed by atoms with Crippen molar-refractivity contribution in [2.75, 3.05) is 0 Å². The maximum atomic E-state index is 11.8. The monoisotopic (exact) mass is 297 g/mol. The molecular weight excluding hydrogens is 282 g/mol. The molecule has 1 aromatic carbocycles. The third-order valence-electron chi connectivity index (χ3n) is 3.26. The zero-order valence-corrected chi connectivity index (χ0v) is 12.2. The van der Waals surface area contributed by atoms with Crippen molar-refractivity contribution in [2.24, 2.45) is 0 Å². The molecule has 0 spiro atoms. The number of nitrogens with one attached hydrogen (secondary N) is 1. The fourth-order valence-electron chi connectivity index (χ4n) is 2.23. The highest BCUT2D eigenvalue weighted by Crippen LogP contribution is 2.27. The van der Waals surface area contributed by atoms with Gasteiger partial charge in [0.2, 0.25) is 0 Å². The van der Waals surface area contributed by atoms with Crippen LogP contribution in [0.3, 0.4) is 0 Å². The van der Waals surface area contributed by atoms with Gasteiger partial charge in [0.1, 0.15) is 11.4 Å². The minimum absolute atomic E-state index is 0.0775. The van der Waals surface area contributed by atoms with Gasteiger partial charge < -0.3 is 4.42 Å². The first-order chi connectivity index (χ1) is 10.6. The first-order valence-corrected chi connectivity index (χ1v) is 6.95. The smallest absolute Gasteiger partial charge is 0.407 e. The van der Waals surface area contributed by atoms with Gasteiger partial charge in [-0.1, -0.05) is 30.3 Å². The summed E-state index contributed by atoms with van der Waals surface area (Å²) in [4.78, 5) is 26.1. The Morgan fingerprint density at radius 2 is 1.82 bits per heavy atom. The Hall–Kier alpha value is -2.89. The molecule has 0 atom stereocenters. The third kappa shape index (κ3) is 2.50. The molecule has 112 valence electrons. The van der Waals surface area contributed by atoms with Crippen LogP contribution in [0.15, 0.2) is 56.5 Å². The number of oxazole rings is 1. The molecule has 0 radical (unpaired) electrons. The van der Waals surface area contributed by atoms with Crippen LogP contribution >= 0.6 is 0 Å². The van der Waals surface area contributed by atoms with E-state index in [1.807, 2.05) is 44.2 Å². The summed E-state index contributed by atoms with van der Waals surface area (Å²) in [6, 6.07) is 12.2. The summed E-state index contributed by atoms with van der Waals surface area (Å²) in [5.74, 6) is -0.148. The molecule has 2 heterocycles. The first-order valence-electron chi connectivity index (χ1n) is 6.95. The van der Waals surface area contributed by atoms with Crippen molar-refractivity contribution in [3.63, 3.8) is 0 Å². The van der Waals surface area contributed by atoms with Crippen LogP contribution in [0, 0.1) is 0 Å². The van der Waals surface area contributed by atoms with Gasteiger partial charge in [0.15, 0.2) is 5.76 Å². The van der Waals surface area contributed by atoms with E-state index in [-0.39, 0.29) is 11.6 Å². The van der Waals surface area contributed by atoms with Crippen molar-refractivity contribution in [1.82, 2.24) is 14.8 Å². The maximum Gasteiger partial charge on any atom is 0.417 e. The number of aromatic amines is 1. The lowest BCUT2D eigenvalue weighted by Gasteiger charge is -2.09. The Bertz CT molecular complexity index is 904. The Kier molecular flexibility index (Phi) is 3.50. The fourth-order valence-corrected chi connectivity index (χ4v) is 2.23. The average molecular weight is 297 g/mol. The van der Waals surface area contributed by atoms with E-state index in [4.69, 9.17) is 4.42 Å². The highest BCUT2D eigenvalue weighted by molar-refractivity contribution is 5.74. The van der Waals surface area contributed by atoms with E-state index in [9.17, 15) is 9.59 Å². The van der Waals surface area contributed by atoms with Crippen LogP contribution in [0.2, 0.25) is 0 Å². The molecule has 0 aliphatic heterocycles. The molecule has 0 unspecified atom stereocenters. The van der Waals surface area contributed by atoms with Gasteiger partial charge in [-0.3, -0.25) is 9.78 Å². The van der Waals surface area contributed by atoms with Crippen molar-refractivity contribution in [3.8, 4) is 22.7 Å². The minimum atomic E-state index is -0.557. The van der Waals surface area contributed by atoms with Gasteiger partial charge in [-0.2, -0.15) is 5.10 Å². The van der Waals surface area contributed by atoms with Crippen LogP contribution in [0.4, 0.5) is 0 Å². The van der Waals surface area contributed by atoms with E-state index in [2.05, 4.69) is 10.1 Å².